The van der Waals surface area contributed by atoms with Gasteiger partial charge in [-0.15, -0.1) is 0 Å². The molecule has 1 heterocycles. The fourth-order valence-corrected chi connectivity index (χ4v) is 4.02. The molecule has 0 amide bonds. The van der Waals surface area contributed by atoms with Gasteiger partial charge in [0.1, 0.15) is 5.78 Å². The van der Waals surface area contributed by atoms with E-state index in [2.05, 4.69) is 34.0 Å². The van der Waals surface area contributed by atoms with Crippen LogP contribution in [0.1, 0.15) is 31.2 Å². The van der Waals surface area contributed by atoms with E-state index in [4.69, 9.17) is 4.74 Å². The van der Waals surface area contributed by atoms with Gasteiger partial charge in [-0.25, -0.2) is 4.79 Å². The second kappa shape index (κ2) is 6.47. The van der Waals surface area contributed by atoms with Gasteiger partial charge < -0.3 is 10.1 Å². The van der Waals surface area contributed by atoms with Crippen LogP contribution in [0.5, 0.6) is 0 Å². The van der Waals surface area contributed by atoms with E-state index < -0.39 is 0 Å². The van der Waals surface area contributed by atoms with E-state index in [1.165, 1.54) is 7.11 Å². The van der Waals surface area contributed by atoms with Crippen LogP contribution in [-0.2, 0) is 14.3 Å². The molecule has 3 rings (SSSR count). The number of hydrogen-bond acceptors (Lipinski definition) is 4. The third kappa shape index (κ3) is 2.94. The number of halogens is 1. The highest BCUT2D eigenvalue weighted by Gasteiger charge is 2.43. The summed E-state index contributed by atoms with van der Waals surface area (Å²) in [4.78, 5) is 25.0. The third-order valence-corrected chi connectivity index (χ3v) is 5.10. The van der Waals surface area contributed by atoms with Crippen molar-refractivity contribution in [3.8, 4) is 0 Å². The number of benzene rings is 1. The minimum Gasteiger partial charge on any atom is -0.466 e. The zero-order valence-electron chi connectivity index (χ0n) is 13.1. The molecule has 0 fully saturated rings. The zero-order chi connectivity index (χ0) is 16.6. The molecule has 1 aliphatic carbocycles. The summed E-state index contributed by atoms with van der Waals surface area (Å²) in [6.45, 7) is 1.86. The number of esters is 1. The van der Waals surface area contributed by atoms with Gasteiger partial charge in [0, 0.05) is 27.3 Å². The molecule has 4 nitrogen and oxygen atoms in total. The molecule has 0 aromatic heterocycles. The maximum atomic E-state index is 12.6. The summed E-state index contributed by atoms with van der Waals surface area (Å²) in [6, 6.07) is 7.97. The molecule has 0 spiro atoms. The predicted octanol–water partition coefficient (Wildman–Crippen LogP) is 3.29. The quantitative estimate of drug-likeness (QED) is 0.586. The number of hydrogen-bond donors (Lipinski definition) is 1. The Hall–Kier alpha value is -1.63. The monoisotopic (exact) mass is 423 g/mol. The minimum absolute atomic E-state index is 0.174. The van der Waals surface area contributed by atoms with Gasteiger partial charge in [-0.3, -0.25) is 4.79 Å². The van der Waals surface area contributed by atoms with Gasteiger partial charge in [-0.05, 0) is 53.6 Å². The van der Waals surface area contributed by atoms with Crippen molar-refractivity contribution in [3.05, 3.63) is 56.4 Å². The number of Topliss-reactive ketones (excluding diaryl/α,β-unsaturated/α-hetero) is 1. The van der Waals surface area contributed by atoms with Crippen LogP contribution < -0.4 is 5.32 Å². The highest BCUT2D eigenvalue weighted by Crippen LogP contribution is 2.43. The van der Waals surface area contributed by atoms with Gasteiger partial charge in [0.2, 0.25) is 0 Å². The fraction of sp³-hybridized carbons (Fsp3) is 0.333. The largest absolute Gasteiger partial charge is 0.466 e. The topological polar surface area (TPSA) is 55.4 Å². The van der Waals surface area contributed by atoms with E-state index in [9.17, 15) is 9.59 Å². The molecular formula is C18H18INO3. The molecule has 0 bridgehead atoms. The van der Waals surface area contributed by atoms with Crippen LogP contribution in [0.15, 0.2) is 47.3 Å². The summed E-state index contributed by atoms with van der Waals surface area (Å²) in [6.07, 6.45) is 3.34. The van der Waals surface area contributed by atoms with Crippen LogP contribution in [-0.4, -0.2) is 18.9 Å². The summed E-state index contributed by atoms with van der Waals surface area (Å²) in [5.74, 6) is -0.832. The first-order valence-electron chi connectivity index (χ1n) is 7.57. The Bertz CT molecular complexity index is 736. The highest BCUT2D eigenvalue weighted by atomic mass is 127. The van der Waals surface area contributed by atoms with Crippen LogP contribution in [0, 0.1) is 9.49 Å². The third-order valence-electron chi connectivity index (χ3n) is 4.43. The van der Waals surface area contributed by atoms with Gasteiger partial charge >= 0.3 is 5.97 Å². The SMILES string of the molecule is COC(=O)C1=C(C)NC2=CCCC(=O)C2C1c1cccc(I)c1. The number of fused-ring (bicyclic) bond motifs is 1. The van der Waals surface area contributed by atoms with Crippen molar-refractivity contribution >= 4 is 34.3 Å². The molecule has 5 heteroatoms. The fourth-order valence-electron chi connectivity index (χ4n) is 3.45. The lowest BCUT2D eigenvalue weighted by molar-refractivity contribution is -0.136. The van der Waals surface area contributed by atoms with Gasteiger partial charge in [0.15, 0.2) is 0 Å². The Labute approximate surface area is 149 Å². The summed E-state index contributed by atoms with van der Waals surface area (Å²) in [7, 11) is 1.38. The van der Waals surface area contributed by atoms with Crippen molar-refractivity contribution in [2.24, 2.45) is 5.92 Å². The number of rotatable bonds is 2. The average Bonchev–Trinajstić information content (AvgIpc) is 2.53. The minimum atomic E-state index is -0.378. The van der Waals surface area contributed by atoms with Gasteiger partial charge in [0.05, 0.1) is 18.6 Å². The van der Waals surface area contributed by atoms with E-state index in [0.29, 0.717) is 12.0 Å². The number of allylic oxidation sites excluding steroid dienone is 3. The number of methoxy groups -OCH3 is 1. The lowest BCUT2D eigenvalue weighted by atomic mass is 9.71. The smallest absolute Gasteiger partial charge is 0.336 e. The molecule has 0 saturated carbocycles. The normalized spacial score (nSPS) is 23.8. The standard InChI is InChI=1S/C18H18INO3/c1-10-15(18(22)23-2)16(11-5-3-6-12(19)9-11)17-13(20-10)7-4-8-14(17)21/h3,5-7,9,16-17,20H,4,8H2,1-2H3. The van der Waals surface area contributed by atoms with Crippen molar-refractivity contribution in [1.82, 2.24) is 5.32 Å². The number of ketones is 1. The molecule has 1 N–H and O–H groups in total. The maximum Gasteiger partial charge on any atom is 0.336 e. The molecule has 1 aromatic rings. The first-order chi connectivity index (χ1) is 11.0. The summed E-state index contributed by atoms with van der Waals surface area (Å²) in [5, 5.41) is 3.25. The average molecular weight is 423 g/mol. The van der Waals surface area contributed by atoms with Crippen molar-refractivity contribution < 1.29 is 14.3 Å². The Morgan fingerprint density at radius 2 is 2.13 bits per heavy atom. The summed E-state index contributed by atoms with van der Waals surface area (Å²) in [5.41, 5.74) is 3.20. The van der Waals surface area contributed by atoms with Crippen molar-refractivity contribution in [2.75, 3.05) is 7.11 Å². The number of carbonyl (C=O) groups excluding carboxylic acids is 2. The first kappa shape index (κ1) is 16.2. The van der Waals surface area contributed by atoms with Crippen LogP contribution in [0.25, 0.3) is 0 Å². The first-order valence-corrected chi connectivity index (χ1v) is 8.65. The van der Waals surface area contributed by atoms with E-state index in [1.54, 1.807) is 0 Å². The second-order valence-corrected chi connectivity index (χ2v) is 7.08. The summed E-state index contributed by atoms with van der Waals surface area (Å²) >= 11 is 2.25. The van der Waals surface area contributed by atoms with Gasteiger partial charge in [-0.2, -0.15) is 0 Å². The molecule has 23 heavy (non-hydrogen) atoms. The Morgan fingerprint density at radius 1 is 1.35 bits per heavy atom. The van der Waals surface area contributed by atoms with Crippen molar-refractivity contribution in [2.45, 2.75) is 25.7 Å². The molecule has 1 aliphatic heterocycles. The lowest BCUT2D eigenvalue weighted by Gasteiger charge is -2.37. The Kier molecular flexibility index (Phi) is 4.57. The molecule has 2 atom stereocenters. The van der Waals surface area contributed by atoms with Gasteiger partial charge in [-0.1, -0.05) is 18.2 Å². The number of carbonyl (C=O) groups is 2. The Balaban J connectivity index is 2.20. The molecule has 0 saturated heterocycles. The predicted molar refractivity (Wildman–Crippen MR) is 95.6 cm³/mol. The van der Waals surface area contributed by atoms with Crippen molar-refractivity contribution in [3.63, 3.8) is 0 Å². The number of nitrogens with one attached hydrogen (secondary N) is 1. The highest BCUT2D eigenvalue weighted by molar-refractivity contribution is 14.1. The molecule has 2 unspecified atom stereocenters. The van der Waals surface area contributed by atoms with Crippen LogP contribution >= 0.6 is 22.6 Å². The van der Waals surface area contributed by atoms with E-state index in [-0.39, 0.29) is 23.6 Å². The Morgan fingerprint density at radius 3 is 2.83 bits per heavy atom. The summed E-state index contributed by atoms with van der Waals surface area (Å²) < 4.78 is 6.07. The molecule has 2 aliphatic rings. The molecule has 0 radical (unpaired) electrons. The van der Waals surface area contributed by atoms with E-state index >= 15 is 0 Å². The number of ether oxygens (including phenoxy) is 1. The lowest BCUT2D eigenvalue weighted by Crippen LogP contribution is -2.40. The van der Waals surface area contributed by atoms with Crippen LogP contribution in [0.3, 0.4) is 0 Å². The van der Waals surface area contributed by atoms with Crippen molar-refractivity contribution in [1.29, 1.82) is 0 Å². The second-order valence-electron chi connectivity index (χ2n) is 5.83. The maximum absolute atomic E-state index is 12.6. The molecular weight excluding hydrogens is 405 g/mol. The van der Waals surface area contributed by atoms with E-state index in [0.717, 1.165) is 26.9 Å². The van der Waals surface area contributed by atoms with Crippen LogP contribution in [0.2, 0.25) is 0 Å². The molecule has 120 valence electrons. The van der Waals surface area contributed by atoms with E-state index in [1.807, 2.05) is 31.2 Å². The van der Waals surface area contributed by atoms with Crippen LogP contribution in [0.4, 0.5) is 0 Å². The van der Waals surface area contributed by atoms with Gasteiger partial charge in [0.25, 0.3) is 0 Å². The molecule has 1 aromatic carbocycles. The zero-order valence-corrected chi connectivity index (χ0v) is 15.2.